The molecule has 0 bridgehead atoms. The molecular weight excluding hydrogens is 434 g/mol. The van der Waals surface area contributed by atoms with Crippen LogP contribution in [-0.2, 0) is 0 Å². The first kappa shape index (κ1) is 21.7. The average molecular weight is 458 g/mol. The molecule has 1 unspecified atom stereocenters. The summed E-state index contributed by atoms with van der Waals surface area (Å²) in [5, 5.41) is 4.18. The number of nitrogens with one attached hydrogen (secondary N) is 2. The Bertz CT molecular complexity index is 1240. The van der Waals surface area contributed by atoms with Crippen LogP contribution >= 0.6 is 23.5 Å². The molecule has 1 aliphatic rings. The summed E-state index contributed by atoms with van der Waals surface area (Å²) in [5.74, 6) is 0.789. The van der Waals surface area contributed by atoms with Crippen molar-refractivity contribution in [1.82, 2.24) is 9.71 Å². The van der Waals surface area contributed by atoms with Gasteiger partial charge in [0, 0.05) is 23.3 Å². The van der Waals surface area contributed by atoms with Crippen LogP contribution in [0.1, 0.15) is 64.7 Å². The topological polar surface area (TPSA) is 84.2 Å². The Hall–Kier alpha value is -2.51. The predicted molar refractivity (Wildman–Crippen MR) is 126 cm³/mol. The highest BCUT2D eigenvalue weighted by atomic mass is 35.5. The molecule has 1 aromatic carbocycles. The number of aryl methyl sites for hydroxylation is 1. The fraction of sp³-hybridized carbons (Fsp3) is 0.348. The van der Waals surface area contributed by atoms with Crippen LogP contribution in [0.15, 0.2) is 33.5 Å². The Morgan fingerprint density at radius 2 is 2.03 bits per heavy atom. The number of amides is 1. The highest BCUT2D eigenvalue weighted by Crippen LogP contribution is 2.42. The van der Waals surface area contributed by atoms with Gasteiger partial charge in [-0.25, -0.2) is 4.98 Å². The number of fused-ring (bicyclic) bond motifs is 1. The standard InChI is InChI=1S/C23H24ClN3O3S/c1-11-9-15(22-16(10-11)20(28)12(2)21(30-22)14-5-6-14)13(3)25-17-7-8-18(24)26-19(17)23(29)27-31-4/h7-10,13-14,25H,5-6H2,1-4H3,(H,27,29). The van der Waals surface area contributed by atoms with Crippen molar-refractivity contribution in [2.45, 2.75) is 45.6 Å². The SMILES string of the molecule is CSNC(=O)c1nc(Cl)ccc1NC(C)c1cc(C)cc2c(=O)c(C)c(C3CC3)oc12. The molecule has 2 heterocycles. The van der Waals surface area contributed by atoms with Crippen LogP contribution in [0.3, 0.4) is 0 Å². The first-order valence-corrected chi connectivity index (χ1v) is 11.7. The second-order valence-corrected chi connectivity index (χ2v) is 8.96. The molecule has 1 fully saturated rings. The van der Waals surface area contributed by atoms with Crippen molar-refractivity contribution >= 4 is 46.1 Å². The van der Waals surface area contributed by atoms with E-state index in [1.165, 1.54) is 11.9 Å². The molecule has 2 aromatic heterocycles. The number of aromatic nitrogens is 1. The minimum absolute atomic E-state index is 0.0218. The number of halogens is 1. The largest absolute Gasteiger partial charge is 0.460 e. The third-order valence-corrected chi connectivity index (χ3v) is 6.09. The number of pyridine rings is 1. The van der Waals surface area contributed by atoms with E-state index < -0.39 is 0 Å². The molecule has 2 N–H and O–H groups in total. The van der Waals surface area contributed by atoms with Crippen LogP contribution in [0.5, 0.6) is 0 Å². The third kappa shape index (κ3) is 4.29. The van der Waals surface area contributed by atoms with E-state index >= 15 is 0 Å². The van der Waals surface area contributed by atoms with Crippen molar-refractivity contribution in [2.75, 3.05) is 11.6 Å². The van der Waals surface area contributed by atoms with Gasteiger partial charge in [0.1, 0.15) is 16.5 Å². The van der Waals surface area contributed by atoms with Gasteiger partial charge in [0.2, 0.25) is 0 Å². The minimum Gasteiger partial charge on any atom is -0.460 e. The molecule has 0 radical (unpaired) electrons. The van der Waals surface area contributed by atoms with Crippen molar-refractivity contribution in [3.05, 3.63) is 67.8 Å². The first-order valence-electron chi connectivity index (χ1n) is 10.1. The van der Waals surface area contributed by atoms with Gasteiger partial charge in [-0.3, -0.25) is 14.3 Å². The molecule has 0 saturated heterocycles. The van der Waals surface area contributed by atoms with E-state index in [-0.39, 0.29) is 28.2 Å². The minimum atomic E-state index is -0.336. The van der Waals surface area contributed by atoms with Gasteiger partial charge >= 0.3 is 0 Å². The van der Waals surface area contributed by atoms with Crippen LogP contribution < -0.4 is 15.5 Å². The van der Waals surface area contributed by atoms with E-state index in [0.29, 0.717) is 28.1 Å². The number of carbonyl (C=O) groups is 1. The lowest BCUT2D eigenvalue weighted by Crippen LogP contribution is -2.20. The zero-order valence-corrected chi connectivity index (χ0v) is 19.4. The average Bonchev–Trinajstić information content (AvgIpc) is 3.57. The quantitative estimate of drug-likeness (QED) is 0.374. The molecular formula is C23H24ClN3O3S. The van der Waals surface area contributed by atoms with Gasteiger partial charge in [-0.05, 0) is 57.4 Å². The van der Waals surface area contributed by atoms with Gasteiger partial charge < -0.3 is 9.73 Å². The molecule has 6 nitrogen and oxygen atoms in total. The van der Waals surface area contributed by atoms with Crippen molar-refractivity contribution in [3.8, 4) is 0 Å². The first-order chi connectivity index (χ1) is 14.8. The number of carbonyl (C=O) groups excluding carboxylic acids is 1. The number of hydrogen-bond acceptors (Lipinski definition) is 6. The van der Waals surface area contributed by atoms with Crippen molar-refractivity contribution < 1.29 is 9.21 Å². The number of hydrogen-bond donors (Lipinski definition) is 2. The second kappa shape index (κ2) is 8.55. The van der Waals surface area contributed by atoms with Crippen LogP contribution in [0.4, 0.5) is 5.69 Å². The van der Waals surface area contributed by atoms with E-state index in [0.717, 1.165) is 29.7 Å². The molecule has 31 heavy (non-hydrogen) atoms. The lowest BCUT2D eigenvalue weighted by molar-refractivity contribution is 0.0980. The molecule has 1 saturated carbocycles. The van der Waals surface area contributed by atoms with Gasteiger partial charge in [0.15, 0.2) is 11.1 Å². The fourth-order valence-electron chi connectivity index (χ4n) is 3.82. The summed E-state index contributed by atoms with van der Waals surface area (Å²) >= 11 is 7.21. The number of benzene rings is 1. The highest BCUT2D eigenvalue weighted by Gasteiger charge is 2.30. The molecule has 0 aliphatic heterocycles. The summed E-state index contributed by atoms with van der Waals surface area (Å²) in [6, 6.07) is 7.01. The van der Waals surface area contributed by atoms with Crippen LogP contribution in [0, 0.1) is 13.8 Å². The molecule has 3 aromatic rings. The molecule has 4 rings (SSSR count). The van der Waals surface area contributed by atoms with Crippen molar-refractivity contribution in [2.24, 2.45) is 0 Å². The Balaban J connectivity index is 1.79. The molecule has 8 heteroatoms. The van der Waals surface area contributed by atoms with Crippen LogP contribution in [-0.4, -0.2) is 17.1 Å². The van der Waals surface area contributed by atoms with Gasteiger partial charge in [-0.2, -0.15) is 0 Å². The predicted octanol–water partition coefficient (Wildman–Crippen LogP) is 5.52. The van der Waals surface area contributed by atoms with Gasteiger partial charge in [0.25, 0.3) is 5.91 Å². The maximum atomic E-state index is 13.1. The zero-order chi connectivity index (χ0) is 22.3. The van der Waals surface area contributed by atoms with E-state index in [1.54, 1.807) is 18.4 Å². The van der Waals surface area contributed by atoms with Gasteiger partial charge in [0.05, 0.1) is 17.1 Å². The maximum Gasteiger partial charge on any atom is 0.281 e. The Morgan fingerprint density at radius 1 is 1.29 bits per heavy atom. The summed E-state index contributed by atoms with van der Waals surface area (Å²) in [7, 11) is 0. The van der Waals surface area contributed by atoms with E-state index in [2.05, 4.69) is 15.0 Å². The van der Waals surface area contributed by atoms with Crippen molar-refractivity contribution in [3.63, 3.8) is 0 Å². The fourth-order valence-corrected chi connectivity index (χ4v) is 4.25. The summed E-state index contributed by atoms with van der Waals surface area (Å²) < 4.78 is 9.00. The number of rotatable bonds is 6. The van der Waals surface area contributed by atoms with E-state index in [1.807, 2.05) is 32.9 Å². The summed E-state index contributed by atoms with van der Waals surface area (Å²) in [4.78, 5) is 29.7. The molecule has 1 amide bonds. The lowest BCUT2D eigenvalue weighted by Gasteiger charge is -2.20. The monoisotopic (exact) mass is 457 g/mol. The summed E-state index contributed by atoms with van der Waals surface area (Å²) in [5.41, 5.74) is 3.91. The Labute approximate surface area is 189 Å². The van der Waals surface area contributed by atoms with E-state index in [9.17, 15) is 9.59 Å². The normalized spacial score (nSPS) is 14.5. The molecule has 1 atom stereocenters. The maximum absolute atomic E-state index is 13.1. The number of nitrogens with zero attached hydrogens (tertiary/aromatic N) is 1. The summed E-state index contributed by atoms with van der Waals surface area (Å²) in [6.45, 7) is 5.77. The van der Waals surface area contributed by atoms with Crippen LogP contribution in [0.2, 0.25) is 5.15 Å². The Morgan fingerprint density at radius 3 is 2.71 bits per heavy atom. The molecule has 162 valence electrons. The van der Waals surface area contributed by atoms with Gasteiger partial charge in [-0.1, -0.05) is 29.6 Å². The van der Waals surface area contributed by atoms with E-state index in [4.69, 9.17) is 16.0 Å². The lowest BCUT2D eigenvalue weighted by atomic mass is 9.99. The zero-order valence-electron chi connectivity index (χ0n) is 17.8. The third-order valence-electron chi connectivity index (χ3n) is 5.49. The summed E-state index contributed by atoms with van der Waals surface area (Å²) in [6.07, 6.45) is 3.86. The number of anilines is 1. The van der Waals surface area contributed by atoms with Gasteiger partial charge in [-0.15, -0.1) is 0 Å². The van der Waals surface area contributed by atoms with Crippen molar-refractivity contribution in [1.29, 1.82) is 0 Å². The second-order valence-electron chi connectivity index (χ2n) is 7.96. The smallest absolute Gasteiger partial charge is 0.281 e. The Kier molecular flexibility index (Phi) is 5.99. The molecule has 1 aliphatic carbocycles. The highest BCUT2D eigenvalue weighted by molar-refractivity contribution is 7.97. The van der Waals surface area contributed by atoms with Crippen LogP contribution in [0.25, 0.3) is 11.0 Å². The molecule has 0 spiro atoms.